The molecule has 1 aromatic heterocycles. The smallest absolute Gasteiger partial charge is 0.103 e. The first-order valence-corrected chi connectivity index (χ1v) is 19.6. The van der Waals surface area contributed by atoms with Crippen molar-refractivity contribution >= 4 is 87.7 Å². The van der Waals surface area contributed by atoms with Gasteiger partial charge in [-0.1, -0.05) is 127 Å². The van der Waals surface area contributed by atoms with Gasteiger partial charge in [-0.2, -0.15) is 0 Å². The normalized spacial score (nSPS) is 12.2. The molecule has 0 unspecified atom stereocenters. The third-order valence-electron chi connectivity index (χ3n) is 10.7. The largest absolute Gasteiger partial charge is 0.135 e. The van der Waals surface area contributed by atoms with E-state index in [-0.39, 0.29) is 0 Å². The summed E-state index contributed by atoms with van der Waals surface area (Å²) in [4.78, 5) is 0. The zero-order valence-corrected chi connectivity index (χ0v) is 29.0. The average molecular weight is 670 g/mol. The Bertz CT molecular complexity index is 2910. The molecule has 50 heavy (non-hydrogen) atoms. The zero-order valence-electron chi connectivity index (χ0n) is 27.2. The van der Waals surface area contributed by atoms with Gasteiger partial charge in [0.1, 0.15) is 15.9 Å². The molecule has 0 aliphatic heterocycles. The molecule has 0 spiro atoms. The van der Waals surface area contributed by atoms with E-state index in [0.717, 1.165) is 0 Å². The minimum Gasteiger partial charge on any atom is -0.135 e. The maximum Gasteiger partial charge on any atom is 0.103 e. The molecule has 0 saturated heterocycles. The van der Waals surface area contributed by atoms with Crippen molar-refractivity contribution in [1.82, 2.24) is 0 Å². The fourth-order valence-electron chi connectivity index (χ4n) is 8.34. The average Bonchev–Trinajstić information content (AvgIpc) is 3.71. The molecule has 0 amide bonds. The van der Waals surface area contributed by atoms with Crippen LogP contribution in [-0.2, 0) is 0 Å². The fraction of sp³-hybridized carbons (Fsp3) is 0. The molecule has 0 atom stereocenters. The molecular formula is C48H30PS+. The van der Waals surface area contributed by atoms with Gasteiger partial charge in [-0.25, -0.2) is 0 Å². The van der Waals surface area contributed by atoms with Crippen LogP contribution in [0.5, 0.6) is 0 Å². The Balaban J connectivity index is 1.02. The summed E-state index contributed by atoms with van der Waals surface area (Å²) in [7, 11) is -1.25. The molecule has 0 radical (unpaired) electrons. The number of rotatable bonds is 4. The summed E-state index contributed by atoms with van der Waals surface area (Å²) in [6, 6.07) is 66.2. The van der Waals surface area contributed by atoms with Gasteiger partial charge in [0.15, 0.2) is 0 Å². The van der Waals surface area contributed by atoms with Crippen LogP contribution in [-0.4, -0.2) is 0 Å². The molecule has 0 nitrogen and oxygen atoms in total. The van der Waals surface area contributed by atoms with Crippen molar-refractivity contribution < 1.29 is 0 Å². The predicted molar refractivity (Wildman–Crippen MR) is 222 cm³/mol. The zero-order chi connectivity index (χ0) is 32.8. The molecule has 1 heterocycles. The molecule has 0 fully saturated rings. The monoisotopic (exact) mass is 669 g/mol. The van der Waals surface area contributed by atoms with Gasteiger partial charge in [0, 0.05) is 20.2 Å². The molecule has 11 rings (SSSR count). The first kappa shape index (κ1) is 28.3. The van der Waals surface area contributed by atoms with E-state index in [1.54, 1.807) is 0 Å². The van der Waals surface area contributed by atoms with Gasteiger partial charge in [-0.15, -0.1) is 11.3 Å². The molecule has 2 heteroatoms. The van der Waals surface area contributed by atoms with Gasteiger partial charge in [0.25, 0.3) is 0 Å². The number of hydrogen-bond donors (Lipinski definition) is 0. The summed E-state index contributed by atoms with van der Waals surface area (Å²) in [6.07, 6.45) is 0. The summed E-state index contributed by atoms with van der Waals surface area (Å²) in [6.45, 7) is 0. The van der Waals surface area contributed by atoms with Crippen LogP contribution in [0.4, 0.5) is 0 Å². The van der Waals surface area contributed by atoms with Gasteiger partial charge in [-0.05, 0) is 114 Å². The van der Waals surface area contributed by atoms with Gasteiger partial charge in [0.2, 0.25) is 0 Å². The van der Waals surface area contributed by atoms with Crippen LogP contribution in [0.1, 0.15) is 0 Å². The van der Waals surface area contributed by atoms with Crippen molar-refractivity contribution in [3.63, 3.8) is 0 Å². The van der Waals surface area contributed by atoms with Gasteiger partial charge in [0.05, 0.1) is 7.92 Å². The lowest BCUT2D eigenvalue weighted by Gasteiger charge is -2.13. The molecule has 0 N–H and O–H groups in total. The van der Waals surface area contributed by atoms with Crippen molar-refractivity contribution in [1.29, 1.82) is 0 Å². The van der Waals surface area contributed by atoms with Crippen molar-refractivity contribution in [2.24, 2.45) is 0 Å². The molecule has 0 saturated carbocycles. The van der Waals surface area contributed by atoms with Gasteiger partial charge in [-0.3, -0.25) is 0 Å². The van der Waals surface area contributed by atoms with E-state index in [1.165, 1.54) is 102 Å². The first-order valence-electron chi connectivity index (χ1n) is 17.2. The molecule has 232 valence electrons. The predicted octanol–water partition coefficient (Wildman–Crippen LogP) is 12.3. The van der Waals surface area contributed by atoms with Crippen LogP contribution in [0.15, 0.2) is 176 Å². The summed E-state index contributed by atoms with van der Waals surface area (Å²) in [5.74, 6) is 0. The number of fused-ring (bicyclic) bond motifs is 9. The fourth-order valence-corrected chi connectivity index (χ4v) is 12.1. The highest BCUT2D eigenvalue weighted by Gasteiger charge is 2.27. The van der Waals surface area contributed by atoms with E-state index in [0.29, 0.717) is 0 Å². The first-order chi connectivity index (χ1) is 24.8. The topological polar surface area (TPSA) is 0 Å². The van der Waals surface area contributed by atoms with E-state index in [2.05, 4.69) is 176 Å². The maximum absolute atomic E-state index is 2.44. The highest BCUT2D eigenvalue weighted by molar-refractivity contribution is 7.79. The lowest BCUT2D eigenvalue weighted by molar-refractivity contribution is 1.68. The molecule has 1 aliphatic carbocycles. The third-order valence-corrected chi connectivity index (χ3v) is 14.5. The Kier molecular flexibility index (Phi) is 6.20. The van der Waals surface area contributed by atoms with E-state index < -0.39 is 7.92 Å². The Hall–Kier alpha value is -5.59. The van der Waals surface area contributed by atoms with Crippen molar-refractivity contribution in [3.8, 4) is 33.4 Å². The molecular weight excluding hydrogens is 640 g/mol. The van der Waals surface area contributed by atoms with Crippen LogP contribution in [0, 0.1) is 0 Å². The molecule has 1 aliphatic rings. The minimum atomic E-state index is -1.25. The van der Waals surface area contributed by atoms with Gasteiger partial charge < -0.3 is 0 Å². The van der Waals surface area contributed by atoms with E-state index in [1.807, 2.05) is 11.3 Å². The maximum atomic E-state index is 2.44. The second-order valence-corrected chi connectivity index (χ2v) is 17.0. The Labute approximate surface area is 295 Å². The highest BCUT2D eigenvalue weighted by atomic mass is 32.1. The number of benzene rings is 9. The van der Waals surface area contributed by atoms with E-state index in [9.17, 15) is 0 Å². The van der Waals surface area contributed by atoms with Gasteiger partial charge >= 0.3 is 0 Å². The summed E-state index contributed by atoms with van der Waals surface area (Å²) in [5, 5.41) is 14.9. The molecule has 9 aromatic carbocycles. The van der Waals surface area contributed by atoms with E-state index >= 15 is 0 Å². The lowest BCUT2D eigenvalue weighted by atomic mass is 9.97. The molecule has 0 bridgehead atoms. The minimum absolute atomic E-state index is 1.25. The third kappa shape index (κ3) is 4.28. The second-order valence-electron chi connectivity index (χ2n) is 13.5. The molecule has 10 aromatic rings. The lowest BCUT2D eigenvalue weighted by Crippen LogP contribution is -2.20. The van der Waals surface area contributed by atoms with Crippen molar-refractivity contribution in [2.75, 3.05) is 0 Å². The quantitative estimate of drug-likeness (QED) is 0.164. The van der Waals surface area contributed by atoms with Crippen molar-refractivity contribution in [3.05, 3.63) is 176 Å². The second kappa shape index (κ2) is 11.0. The Morgan fingerprint density at radius 1 is 0.320 bits per heavy atom. The summed E-state index contributed by atoms with van der Waals surface area (Å²) < 4.78 is 2.71. The standard InChI is InChI=1S/C48H29PS/c1-3-10-33-26-37(23-18-30(33)8-1)49(38-24-19-31-9-2-4-11-34(31)27-38)36-21-16-32(17-22-36)35-20-25-42-45(28-35)50-46-29-44-40-13-6-5-12-39(40)41-14-7-15-43(47(41)44)48(42)46/h1-29H/p+1. The number of thiophene rings is 1. The highest BCUT2D eigenvalue weighted by Crippen LogP contribution is 2.52. The summed E-state index contributed by atoms with van der Waals surface area (Å²) in [5.41, 5.74) is 7.97. The SMILES string of the molecule is c1ccc2c(c1)-c1cccc3c1c-2cc1sc2cc(-c4ccc([PH+](c5ccc6ccccc6c5)c5ccc6ccccc6c5)cc4)ccc2c13. The Morgan fingerprint density at radius 2 is 0.900 bits per heavy atom. The van der Waals surface area contributed by atoms with Crippen LogP contribution >= 0.6 is 19.3 Å². The van der Waals surface area contributed by atoms with Crippen molar-refractivity contribution in [2.45, 2.75) is 0 Å². The van der Waals surface area contributed by atoms with Crippen LogP contribution in [0.25, 0.3) is 85.9 Å². The van der Waals surface area contributed by atoms with Crippen LogP contribution < -0.4 is 15.9 Å². The van der Waals surface area contributed by atoms with Crippen LogP contribution in [0.3, 0.4) is 0 Å². The van der Waals surface area contributed by atoms with E-state index in [4.69, 9.17) is 0 Å². The summed E-state index contributed by atoms with van der Waals surface area (Å²) >= 11 is 1.92. The van der Waals surface area contributed by atoms with Crippen LogP contribution in [0.2, 0.25) is 0 Å². The number of hydrogen-bond acceptors (Lipinski definition) is 1. The Morgan fingerprint density at radius 3 is 1.60 bits per heavy atom.